The summed E-state index contributed by atoms with van der Waals surface area (Å²) in [5.41, 5.74) is 4.98. The maximum absolute atomic E-state index is 13.0. The van der Waals surface area contributed by atoms with Gasteiger partial charge in [0.25, 0.3) is 0 Å². The Balaban J connectivity index is 3.04. The van der Waals surface area contributed by atoms with Gasteiger partial charge in [-0.1, -0.05) is 38.8 Å². The third kappa shape index (κ3) is 3.67. The molecule has 2 unspecified atom stereocenters. The first kappa shape index (κ1) is 17.8. The van der Waals surface area contributed by atoms with Gasteiger partial charge < -0.3 is 20.9 Å². The van der Waals surface area contributed by atoms with Crippen LogP contribution in [-0.2, 0) is 4.79 Å². The largest absolute Gasteiger partial charge is 0.409 e. The molecule has 0 aromatic heterocycles. The summed E-state index contributed by atoms with van der Waals surface area (Å²) >= 11 is 0. The van der Waals surface area contributed by atoms with Gasteiger partial charge in [0.05, 0.1) is 6.10 Å². The van der Waals surface area contributed by atoms with E-state index in [9.17, 15) is 9.90 Å². The van der Waals surface area contributed by atoms with Crippen molar-refractivity contribution in [2.24, 2.45) is 22.2 Å². The summed E-state index contributed by atoms with van der Waals surface area (Å²) in [6, 6.07) is 0. The topological polar surface area (TPSA) is 99.2 Å². The molecule has 0 aromatic rings. The van der Waals surface area contributed by atoms with Crippen molar-refractivity contribution in [3.63, 3.8) is 0 Å². The minimum Gasteiger partial charge on any atom is -0.409 e. The second-order valence-electron chi connectivity index (χ2n) is 6.15. The quantitative estimate of drug-likeness (QED) is 0.300. The smallest absolute Gasteiger partial charge is 0.236 e. The van der Waals surface area contributed by atoms with Crippen LogP contribution < -0.4 is 5.73 Å². The maximum Gasteiger partial charge on any atom is 0.236 e. The fourth-order valence-electron chi connectivity index (χ4n) is 3.27. The minimum absolute atomic E-state index is 0.00924. The molecule has 1 heterocycles. The molecule has 1 aliphatic rings. The Morgan fingerprint density at radius 3 is 2.38 bits per heavy atom. The highest BCUT2D eigenvalue weighted by atomic mass is 16.4. The van der Waals surface area contributed by atoms with Gasteiger partial charge in [0, 0.05) is 13.1 Å². The number of aliphatic hydroxyl groups is 1. The number of nitrogens with zero attached hydrogens (tertiary/aromatic N) is 2. The van der Waals surface area contributed by atoms with Crippen LogP contribution in [0.5, 0.6) is 0 Å². The predicted molar refractivity (Wildman–Crippen MR) is 82.0 cm³/mol. The molecule has 1 fully saturated rings. The molecule has 0 aromatic carbocycles. The predicted octanol–water partition coefficient (Wildman–Crippen LogP) is 1.55. The van der Waals surface area contributed by atoms with Gasteiger partial charge in [-0.25, -0.2) is 0 Å². The SMILES string of the molecule is CCCC(CCC)(C(=O)N1CCC(O)C(C)C1)C(N)=NO. The molecule has 1 amide bonds. The molecule has 0 bridgehead atoms. The van der Waals surface area contributed by atoms with E-state index in [0.29, 0.717) is 32.4 Å². The summed E-state index contributed by atoms with van der Waals surface area (Å²) in [6.45, 7) is 6.97. The van der Waals surface area contributed by atoms with E-state index in [-0.39, 0.29) is 23.8 Å². The summed E-state index contributed by atoms with van der Waals surface area (Å²) in [7, 11) is 0. The number of nitrogens with two attached hydrogens (primary N) is 1. The first-order valence-corrected chi connectivity index (χ1v) is 7.88. The molecule has 0 aliphatic carbocycles. The Morgan fingerprint density at radius 2 is 1.95 bits per heavy atom. The van der Waals surface area contributed by atoms with Crippen LogP contribution in [-0.4, -0.2) is 46.1 Å². The number of rotatable bonds is 6. The molecule has 1 saturated heterocycles. The number of hydrogen-bond donors (Lipinski definition) is 3. The van der Waals surface area contributed by atoms with Crippen molar-refractivity contribution in [1.29, 1.82) is 0 Å². The zero-order chi connectivity index (χ0) is 16.0. The molecule has 4 N–H and O–H groups in total. The van der Waals surface area contributed by atoms with Crippen molar-refractivity contribution in [1.82, 2.24) is 4.90 Å². The highest BCUT2D eigenvalue weighted by molar-refractivity contribution is 6.06. The number of likely N-dealkylation sites (tertiary alicyclic amines) is 1. The molecule has 1 aliphatic heterocycles. The van der Waals surface area contributed by atoms with Crippen LogP contribution in [0.1, 0.15) is 52.9 Å². The Bertz CT molecular complexity index is 378. The van der Waals surface area contributed by atoms with Gasteiger partial charge in [0.1, 0.15) is 5.41 Å². The lowest BCUT2D eigenvalue weighted by Gasteiger charge is -2.41. The van der Waals surface area contributed by atoms with Gasteiger partial charge in [-0.3, -0.25) is 4.79 Å². The molecule has 1 rings (SSSR count). The molecule has 21 heavy (non-hydrogen) atoms. The van der Waals surface area contributed by atoms with Crippen molar-refractivity contribution in [2.75, 3.05) is 13.1 Å². The van der Waals surface area contributed by atoms with E-state index in [1.165, 1.54) is 0 Å². The minimum atomic E-state index is -0.916. The standard InChI is InChI=1S/C15H29N3O3/c1-4-7-15(8-5-2,13(16)17-21)14(20)18-9-6-12(19)11(3)10-18/h11-12,19,21H,4-10H2,1-3H3,(H2,16,17). The Hall–Kier alpha value is -1.30. The van der Waals surface area contributed by atoms with E-state index in [2.05, 4.69) is 5.16 Å². The zero-order valence-corrected chi connectivity index (χ0v) is 13.4. The molecule has 0 radical (unpaired) electrons. The monoisotopic (exact) mass is 299 g/mol. The zero-order valence-electron chi connectivity index (χ0n) is 13.4. The fraction of sp³-hybridized carbons (Fsp3) is 0.867. The van der Waals surface area contributed by atoms with Crippen LogP contribution in [0.25, 0.3) is 0 Å². The van der Waals surface area contributed by atoms with Crippen LogP contribution in [0.4, 0.5) is 0 Å². The average Bonchev–Trinajstić information content (AvgIpc) is 2.48. The molecule has 2 atom stereocenters. The van der Waals surface area contributed by atoms with E-state index in [4.69, 9.17) is 10.9 Å². The van der Waals surface area contributed by atoms with Crippen molar-refractivity contribution < 1.29 is 15.1 Å². The van der Waals surface area contributed by atoms with Gasteiger partial charge in [-0.2, -0.15) is 0 Å². The van der Waals surface area contributed by atoms with E-state index in [1.807, 2.05) is 20.8 Å². The highest BCUT2D eigenvalue weighted by Gasteiger charge is 2.45. The average molecular weight is 299 g/mol. The van der Waals surface area contributed by atoms with Gasteiger partial charge in [0.15, 0.2) is 5.84 Å². The highest BCUT2D eigenvalue weighted by Crippen LogP contribution is 2.34. The number of aliphatic hydroxyl groups excluding tert-OH is 1. The molecule has 0 spiro atoms. The van der Waals surface area contributed by atoms with E-state index < -0.39 is 5.41 Å². The lowest BCUT2D eigenvalue weighted by atomic mass is 9.76. The molecule has 6 heteroatoms. The van der Waals surface area contributed by atoms with Crippen LogP contribution in [0.3, 0.4) is 0 Å². The normalized spacial score (nSPS) is 24.2. The van der Waals surface area contributed by atoms with Gasteiger partial charge in [-0.15, -0.1) is 0 Å². The van der Waals surface area contributed by atoms with E-state index in [0.717, 1.165) is 12.8 Å². The number of amidine groups is 1. The van der Waals surface area contributed by atoms with Gasteiger partial charge in [0.2, 0.25) is 5.91 Å². The number of oxime groups is 1. The summed E-state index contributed by atoms with van der Waals surface area (Å²) < 4.78 is 0. The van der Waals surface area contributed by atoms with Gasteiger partial charge in [-0.05, 0) is 25.2 Å². The molecule has 122 valence electrons. The Morgan fingerprint density at radius 1 is 1.38 bits per heavy atom. The molecular formula is C15H29N3O3. The summed E-state index contributed by atoms with van der Waals surface area (Å²) in [4.78, 5) is 14.8. The second-order valence-corrected chi connectivity index (χ2v) is 6.15. The van der Waals surface area contributed by atoms with Crippen LogP contribution >= 0.6 is 0 Å². The van der Waals surface area contributed by atoms with Crippen LogP contribution in [0, 0.1) is 11.3 Å². The summed E-state index contributed by atoms with van der Waals surface area (Å²) in [5.74, 6) is -0.00818. The number of piperidine rings is 1. The van der Waals surface area contributed by atoms with Crippen molar-refractivity contribution in [2.45, 2.75) is 59.0 Å². The van der Waals surface area contributed by atoms with E-state index in [1.54, 1.807) is 4.90 Å². The van der Waals surface area contributed by atoms with E-state index >= 15 is 0 Å². The first-order chi connectivity index (χ1) is 9.92. The Labute approximate surface area is 127 Å². The second kappa shape index (κ2) is 7.64. The number of carbonyl (C=O) groups excluding carboxylic acids is 1. The van der Waals surface area contributed by atoms with Crippen LogP contribution in [0.15, 0.2) is 5.16 Å². The number of hydrogen-bond acceptors (Lipinski definition) is 4. The van der Waals surface area contributed by atoms with Crippen LogP contribution in [0.2, 0.25) is 0 Å². The van der Waals surface area contributed by atoms with Crippen molar-refractivity contribution in [3.05, 3.63) is 0 Å². The Kier molecular flexibility index (Phi) is 6.45. The number of amides is 1. The summed E-state index contributed by atoms with van der Waals surface area (Å²) in [6.07, 6.45) is 2.94. The fourth-order valence-corrected chi connectivity index (χ4v) is 3.27. The van der Waals surface area contributed by atoms with Gasteiger partial charge >= 0.3 is 0 Å². The first-order valence-electron chi connectivity index (χ1n) is 7.88. The molecular weight excluding hydrogens is 270 g/mol. The third-order valence-electron chi connectivity index (χ3n) is 4.51. The summed E-state index contributed by atoms with van der Waals surface area (Å²) in [5, 5.41) is 22.1. The molecule has 0 saturated carbocycles. The number of carbonyl (C=O) groups is 1. The maximum atomic E-state index is 13.0. The molecule has 6 nitrogen and oxygen atoms in total. The third-order valence-corrected chi connectivity index (χ3v) is 4.51. The van der Waals surface area contributed by atoms with Crippen molar-refractivity contribution >= 4 is 11.7 Å². The van der Waals surface area contributed by atoms with Crippen molar-refractivity contribution in [3.8, 4) is 0 Å². The lowest BCUT2D eigenvalue weighted by molar-refractivity contribution is -0.142. The lowest BCUT2D eigenvalue weighted by Crippen LogP contribution is -2.55.